The van der Waals surface area contributed by atoms with Gasteiger partial charge in [-0.25, -0.2) is 18.5 Å². The van der Waals surface area contributed by atoms with Gasteiger partial charge in [0, 0.05) is 43.3 Å². The van der Waals surface area contributed by atoms with Crippen molar-refractivity contribution >= 4 is 43.2 Å². The summed E-state index contributed by atoms with van der Waals surface area (Å²) >= 11 is 7.73. The largest absolute Gasteiger partial charge is 0.491 e. The lowest BCUT2D eigenvalue weighted by Gasteiger charge is -2.37. The standard InChI is InChI=1S/C23H29ClN4O4S2/c1-15-27-21-12-20(3-4-22(21)33-15)32-14-19(29)11-18-13-26-7-9-28(18)8-6-16-10-17(24)2-5-23(16)34(25,30)31/h2-5,10,12,18-19,26,29H,6-9,11,13-14H2,1H3,(H2,25,30,31)/t18?,19-/m1/s1. The van der Waals surface area contributed by atoms with Crippen LogP contribution in [-0.2, 0) is 16.4 Å². The Balaban J connectivity index is 1.35. The highest BCUT2D eigenvalue weighted by molar-refractivity contribution is 7.89. The second kappa shape index (κ2) is 10.9. The minimum atomic E-state index is -3.83. The third-order valence-electron chi connectivity index (χ3n) is 5.92. The highest BCUT2D eigenvalue weighted by atomic mass is 35.5. The van der Waals surface area contributed by atoms with E-state index < -0.39 is 16.1 Å². The molecule has 2 heterocycles. The number of aromatic nitrogens is 1. The Bertz CT molecular complexity index is 1250. The summed E-state index contributed by atoms with van der Waals surface area (Å²) in [4.78, 5) is 6.85. The lowest BCUT2D eigenvalue weighted by molar-refractivity contribution is 0.0557. The molecule has 4 N–H and O–H groups in total. The van der Waals surface area contributed by atoms with E-state index in [1.807, 2.05) is 25.1 Å². The molecule has 34 heavy (non-hydrogen) atoms. The van der Waals surface area contributed by atoms with Crippen LogP contribution in [0.5, 0.6) is 5.75 Å². The van der Waals surface area contributed by atoms with Crippen molar-refractivity contribution in [3.05, 3.63) is 52.0 Å². The number of hydrogen-bond donors (Lipinski definition) is 3. The number of aliphatic hydroxyl groups excluding tert-OH is 1. The fraction of sp³-hybridized carbons (Fsp3) is 0.435. The third kappa shape index (κ3) is 6.45. The van der Waals surface area contributed by atoms with Gasteiger partial charge in [-0.3, -0.25) is 4.90 Å². The van der Waals surface area contributed by atoms with E-state index in [4.69, 9.17) is 21.5 Å². The molecule has 11 heteroatoms. The average Bonchev–Trinajstić information content (AvgIpc) is 3.15. The van der Waals surface area contributed by atoms with E-state index in [1.165, 1.54) is 12.1 Å². The lowest BCUT2D eigenvalue weighted by Crippen LogP contribution is -2.53. The molecule has 0 spiro atoms. The minimum absolute atomic E-state index is 0.0909. The smallest absolute Gasteiger partial charge is 0.238 e. The number of nitrogens with zero attached hydrogens (tertiary/aromatic N) is 2. The molecule has 1 fully saturated rings. The Morgan fingerprint density at radius 3 is 2.97 bits per heavy atom. The molecule has 0 aliphatic carbocycles. The van der Waals surface area contributed by atoms with Gasteiger partial charge < -0.3 is 15.2 Å². The van der Waals surface area contributed by atoms with Gasteiger partial charge in [0.05, 0.1) is 26.2 Å². The Kier molecular flexibility index (Phi) is 8.08. The van der Waals surface area contributed by atoms with Gasteiger partial charge in [-0.15, -0.1) is 11.3 Å². The summed E-state index contributed by atoms with van der Waals surface area (Å²) in [5, 5.41) is 20.9. The number of ether oxygens (including phenoxy) is 1. The van der Waals surface area contributed by atoms with Gasteiger partial charge >= 0.3 is 0 Å². The summed E-state index contributed by atoms with van der Waals surface area (Å²) < 4.78 is 30.8. The number of piperazine rings is 1. The van der Waals surface area contributed by atoms with Crippen LogP contribution in [0.3, 0.4) is 0 Å². The molecule has 1 saturated heterocycles. The van der Waals surface area contributed by atoms with Crippen LogP contribution in [0.25, 0.3) is 10.2 Å². The molecule has 0 saturated carbocycles. The molecule has 1 unspecified atom stereocenters. The number of primary sulfonamides is 1. The van der Waals surface area contributed by atoms with Gasteiger partial charge in [-0.2, -0.15) is 0 Å². The SMILES string of the molecule is Cc1nc2cc(OC[C@H](O)CC3CNCCN3CCc3cc(Cl)ccc3S(N)(=O)=O)ccc2s1. The first kappa shape index (κ1) is 25.3. The fourth-order valence-electron chi connectivity index (χ4n) is 4.30. The number of hydrogen-bond acceptors (Lipinski definition) is 8. The maximum atomic E-state index is 11.9. The molecule has 3 aromatic rings. The quantitative estimate of drug-likeness (QED) is 0.393. The number of rotatable bonds is 9. The normalized spacial score (nSPS) is 18.3. The molecular formula is C23H29ClN4O4S2. The second-order valence-electron chi connectivity index (χ2n) is 8.50. The van der Waals surface area contributed by atoms with Crippen molar-refractivity contribution in [2.75, 3.05) is 32.8 Å². The summed E-state index contributed by atoms with van der Waals surface area (Å²) in [6.07, 6.45) is 0.372. The number of aryl methyl sites for hydroxylation is 1. The highest BCUT2D eigenvalue weighted by Gasteiger charge is 2.25. The van der Waals surface area contributed by atoms with Crippen LogP contribution in [-0.4, -0.2) is 68.3 Å². The van der Waals surface area contributed by atoms with Gasteiger partial charge in [0.2, 0.25) is 10.0 Å². The van der Waals surface area contributed by atoms with E-state index in [9.17, 15) is 13.5 Å². The van der Waals surface area contributed by atoms with Crippen molar-refractivity contribution in [1.29, 1.82) is 0 Å². The minimum Gasteiger partial charge on any atom is -0.491 e. The van der Waals surface area contributed by atoms with Crippen LogP contribution in [0.15, 0.2) is 41.3 Å². The first-order valence-corrected chi connectivity index (χ1v) is 13.9. The predicted molar refractivity (Wildman–Crippen MR) is 135 cm³/mol. The number of nitrogens with one attached hydrogen (secondary N) is 1. The summed E-state index contributed by atoms with van der Waals surface area (Å²) in [6.45, 7) is 5.14. The Labute approximate surface area is 208 Å². The Morgan fingerprint density at radius 2 is 2.18 bits per heavy atom. The van der Waals surface area contributed by atoms with Gasteiger partial charge in [-0.05, 0) is 55.7 Å². The van der Waals surface area contributed by atoms with Gasteiger partial charge in [-0.1, -0.05) is 11.6 Å². The summed E-state index contributed by atoms with van der Waals surface area (Å²) in [7, 11) is -3.83. The number of aliphatic hydroxyl groups is 1. The lowest BCUT2D eigenvalue weighted by atomic mass is 10.0. The zero-order valence-electron chi connectivity index (χ0n) is 18.9. The topological polar surface area (TPSA) is 118 Å². The number of fused-ring (bicyclic) bond motifs is 1. The third-order valence-corrected chi connectivity index (χ3v) is 8.12. The van der Waals surface area contributed by atoms with Crippen molar-refractivity contribution in [2.45, 2.75) is 36.8 Å². The molecule has 0 bridgehead atoms. The zero-order chi connectivity index (χ0) is 24.3. The van der Waals surface area contributed by atoms with Crippen LogP contribution in [0.4, 0.5) is 0 Å². The molecule has 0 amide bonds. The molecule has 4 rings (SSSR count). The van der Waals surface area contributed by atoms with E-state index >= 15 is 0 Å². The zero-order valence-corrected chi connectivity index (χ0v) is 21.3. The summed E-state index contributed by atoms with van der Waals surface area (Å²) in [6, 6.07) is 10.5. The molecular weight excluding hydrogens is 496 g/mol. The van der Waals surface area contributed by atoms with Crippen molar-refractivity contribution in [2.24, 2.45) is 5.14 Å². The maximum absolute atomic E-state index is 11.9. The van der Waals surface area contributed by atoms with Crippen molar-refractivity contribution < 1.29 is 18.3 Å². The van der Waals surface area contributed by atoms with E-state index in [0.29, 0.717) is 35.7 Å². The van der Waals surface area contributed by atoms with Crippen LogP contribution in [0.1, 0.15) is 17.0 Å². The van der Waals surface area contributed by atoms with Crippen LogP contribution >= 0.6 is 22.9 Å². The summed E-state index contributed by atoms with van der Waals surface area (Å²) in [5.41, 5.74) is 1.50. The summed E-state index contributed by atoms with van der Waals surface area (Å²) in [5.74, 6) is 0.687. The van der Waals surface area contributed by atoms with Crippen molar-refractivity contribution in [3.63, 3.8) is 0 Å². The first-order chi connectivity index (χ1) is 16.2. The van der Waals surface area contributed by atoms with Crippen molar-refractivity contribution in [1.82, 2.24) is 15.2 Å². The molecule has 0 radical (unpaired) electrons. The van der Waals surface area contributed by atoms with E-state index in [0.717, 1.165) is 34.9 Å². The van der Waals surface area contributed by atoms with Gasteiger partial charge in [0.1, 0.15) is 12.4 Å². The number of nitrogens with two attached hydrogens (primary N) is 1. The van der Waals surface area contributed by atoms with Crippen LogP contribution in [0.2, 0.25) is 5.02 Å². The highest BCUT2D eigenvalue weighted by Crippen LogP contribution is 2.26. The Morgan fingerprint density at radius 1 is 1.35 bits per heavy atom. The maximum Gasteiger partial charge on any atom is 0.238 e. The predicted octanol–water partition coefficient (Wildman–Crippen LogP) is 2.55. The van der Waals surface area contributed by atoms with E-state index in [-0.39, 0.29) is 17.5 Å². The van der Waals surface area contributed by atoms with Crippen LogP contribution in [0, 0.1) is 6.92 Å². The second-order valence-corrected chi connectivity index (χ2v) is 11.7. The molecule has 2 aromatic carbocycles. The molecule has 2 atom stereocenters. The molecule has 184 valence electrons. The van der Waals surface area contributed by atoms with Crippen molar-refractivity contribution in [3.8, 4) is 5.75 Å². The first-order valence-electron chi connectivity index (χ1n) is 11.1. The number of thiazole rings is 1. The molecule has 1 aromatic heterocycles. The van der Waals surface area contributed by atoms with E-state index in [1.54, 1.807) is 17.4 Å². The number of benzene rings is 2. The average molecular weight is 525 g/mol. The molecule has 1 aliphatic heterocycles. The number of halogens is 1. The van der Waals surface area contributed by atoms with Crippen LogP contribution < -0.4 is 15.2 Å². The Hall–Kier alpha value is -1.79. The monoisotopic (exact) mass is 524 g/mol. The van der Waals surface area contributed by atoms with Gasteiger partial charge in [0.25, 0.3) is 0 Å². The van der Waals surface area contributed by atoms with Gasteiger partial charge in [0.15, 0.2) is 0 Å². The number of sulfonamides is 1. The molecule has 8 nitrogen and oxygen atoms in total. The fourth-order valence-corrected chi connectivity index (χ4v) is 6.09. The molecule has 1 aliphatic rings. The van der Waals surface area contributed by atoms with E-state index in [2.05, 4.69) is 15.2 Å².